The number of sulfonamides is 1. The number of benzene rings is 3. The molecule has 40 heteroatoms. The van der Waals surface area contributed by atoms with Gasteiger partial charge in [-0.15, -0.1) is 0 Å². The molecule has 0 bridgehead atoms. The Bertz CT molecular complexity index is 5190. The lowest BCUT2D eigenvalue weighted by Gasteiger charge is -2.26. The van der Waals surface area contributed by atoms with Crippen LogP contribution in [0.2, 0.25) is 0 Å². The van der Waals surface area contributed by atoms with Gasteiger partial charge in [-0.2, -0.15) is 10.2 Å². The summed E-state index contributed by atoms with van der Waals surface area (Å²) in [5, 5.41) is 45.2. The minimum atomic E-state index is -4.40. The second kappa shape index (κ2) is 37.4. The smallest absolute Gasteiger partial charge is 0.308 e. The number of carbonyl (C=O) groups is 11. The highest BCUT2D eigenvalue weighted by molar-refractivity contribution is 7.90. The average Bonchev–Trinajstić information content (AvgIpc) is 1.68. The fourth-order valence-corrected chi connectivity index (χ4v) is 14.6. The van der Waals surface area contributed by atoms with Gasteiger partial charge in [-0.25, -0.2) is 23.1 Å². The summed E-state index contributed by atoms with van der Waals surface area (Å²) in [4.78, 5) is 158. The first-order chi connectivity index (χ1) is 54.7. The highest BCUT2D eigenvalue weighted by Gasteiger charge is 2.39. The maximum absolute atomic E-state index is 14.9. The van der Waals surface area contributed by atoms with Gasteiger partial charge in [0.1, 0.15) is 68.6 Å². The van der Waals surface area contributed by atoms with Crippen molar-refractivity contribution in [1.82, 2.24) is 70.0 Å². The Kier molecular flexibility index (Phi) is 28.8. The van der Waals surface area contributed by atoms with Crippen molar-refractivity contribution < 1.29 is 89.9 Å². The molecule has 1 aliphatic heterocycles. The molecule has 1 aliphatic rings. The van der Waals surface area contributed by atoms with Gasteiger partial charge >= 0.3 is 17.9 Å². The number of esters is 2. The number of imidazole rings is 2. The number of hydrogen-bond acceptors (Lipinski definition) is 24. The van der Waals surface area contributed by atoms with Crippen molar-refractivity contribution in [2.75, 3.05) is 44.0 Å². The predicted molar refractivity (Wildman–Crippen MR) is 428 cm³/mol. The van der Waals surface area contributed by atoms with Gasteiger partial charge in [-0.05, 0) is 170 Å². The van der Waals surface area contributed by atoms with Crippen molar-refractivity contribution in [3.63, 3.8) is 0 Å². The van der Waals surface area contributed by atoms with Crippen molar-refractivity contribution in [3.8, 4) is 17.2 Å². The summed E-state index contributed by atoms with van der Waals surface area (Å²) >= 11 is 0. The van der Waals surface area contributed by atoms with Crippen LogP contribution < -0.4 is 73.4 Å². The molecule has 5 heterocycles. The number of nitrogens with zero attached hydrogens (tertiary/aromatic N) is 8. The van der Waals surface area contributed by atoms with Crippen LogP contribution >= 0.6 is 0 Å². The SMILES string of the molecule is CCn1nc(C)cc1C(=O)Nc1nc2cc(C(N)=O)cc(OC)c2n1C/C=C/Cn1c(NC(=O)c2cc(C)nn2CC)nc2cc(C(N)=O)cc(OCC(CCCNC(=N)NS(=O)(=O)c3c(C)c(C)c4c(c3C)CC(C)(C)O4)CNC(=O)[C@H](CC(=O)OC(C)(C)C)NC(=O)[C@H](CC(=O)OC(C)(C)C)NC(=O)CNC(=O)[C@@H](N)CC(=O)O)c21. The first kappa shape index (κ1) is 90.1. The van der Waals surface area contributed by atoms with Crippen molar-refractivity contribution in [3.05, 3.63) is 105 Å². The zero-order valence-corrected chi connectivity index (χ0v) is 69.2. The number of aliphatic carboxylic acids is 1. The molecule has 0 radical (unpaired) electrons. The maximum atomic E-state index is 14.9. The monoisotopic (exact) mass is 1640 g/mol. The second-order valence-corrected chi connectivity index (χ2v) is 32.4. The number of rotatable bonds is 37. The Morgan fingerprint density at radius 1 is 0.675 bits per heavy atom. The van der Waals surface area contributed by atoms with Crippen LogP contribution in [-0.2, 0) is 85.7 Å². The lowest BCUT2D eigenvalue weighted by Crippen LogP contribution is -2.56. The molecule has 0 fully saturated rings. The number of aryl methyl sites for hydroxylation is 4. The van der Waals surface area contributed by atoms with E-state index in [-0.39, 0.29) is 113 Å². The number of nitrogens with two attached hydrogens (primary N) is 3. The van der Waals surface area contributed by atoms with Crippen LogP contribution in [0, 0.1) is 45.9 Å². The summed E-state index contributed by atoms with van der Waals surface area (Å²) < 4.78 is 66.9. The number of methoxy groups -OCH3 is 1. The average molecular weight is 1650 g/mol. The molecule has 39 nitrogen and oxygen atoms in total. The number of hydrogen-bond donors (Lipinski definition) is 13. The number of carboxylic acid groups (broad SMARTS) is 1. The first-order valence-corrected chi connectivity index (χ1v) is 39.1. The number of allylic oxidation sites excluding steroid dienone is 2. The van der Waals surface area contributed by atoms with Gasteiger partial charge in [-0.3, -0.25) is 78.1 Å². The zero-order chi connectivity index (χ0) is 86.7. The summed E-state index contributed by atoms with van der Waals surface area (Å²) in [5.41, 5.74) is 19.1. The van der Waals surface area contributed by atoms with Gasteiger partial charge in [0, 0.05) is 68.3 Å². The maximum Gasteiger partial charge on any atom is 0.308 e. The number of primary amides is 2. The number of carboxylic acids is 1. The number of anilines is 2. The number of fused-ring (bicyclic) bond motifs is 3. The Labute approximate surface area is 674 Å². The van der Waals surface area contributed by atoms with Crippen LogP contribution in [-0.4, -0.2) is 192 Å². The molecule has 632 valence electrons. The Balaban J connectivity index is 1.16. The van der Waals surface area contributed by atoms with Gasteiger partial charge in [0.15, 0.2) is 0 Å². The third kappa shape index (κ3) is 23.4. The molecule has 4 atom stereocenters. The summed E-state index contributed by atoms with van der Waals surface area (Å²) in [6.45, 7) is 24.1. The molecule has 4 aromatic heterocycles. The molecule has 117 heavy (non-hydrogen) atoms. The quantitative estimate of drug-likeness (QED) is 0.00866. The number of guanidine groups is 1. The number of carbonyl (C=O) groups excluding carboxylic acids is 10. The van der Waals surface area contributed by atoms with Gasteiger partial charge in [0.25, 0.3) is 21.8 Å². The number of amides is 8. The number of nitrogens with one attached hydrogen (secondary N) is 9. The fourth-order valence-electron chi connectivity index (χ4n) is 13.1. The summed E-state index contributed by atoms with van der Waals surface area (Å²) in [7, 11) is -3.01. The van der Waals surface area contributed by atoms with E-state index in [1.165, 1.54) is 61.5 Å². The Morgan fingerprint density at radius 2 is 1.18 bits per heavy atom. The molecule has 0 spiro atoms. The minimum Gasteiger partial charge on any atom is -0.494 e. The lowest BCUT2D eigenvalue weighted by atomic mass is 9.94. The molecular formula is C77H104N20O19S. The molecule has 8 amide bonds. The van der Waals surface area contributed by atoms with Crippen LogP contribution in [0.25, 0.3) is 22.1 Å². The number of aromatic nitrogens is 8. The first-order valence-electron chi connectivity index (χ1n) is 37.7. The van der Waals surface area contributed by atoms with E-state index < -0.39 is 148 Å². The third-order valence-electron chi connectivity index (χ3n) is 18.4. The van der Waals surface area contributed by atoms with Gasteiger partial charge < -0.3 is 81.7 Å². The minimum absolute atomic E-state index is 0.0120. The van der Waals surface area contributed by atoms with Gasteiger partial charge in [0.2, 0.25) is 53.3 Å². The molecule has 3 aromatic carbocycles. The molecule has 1 unspecified atom stereocenters. The van der Waals surface area contributed by atoms with Crippen molar-refractivity contribution in [1.29, 1.82) is 5.41 Å². The normalized spacial score (nSPS) is 13.6. The van der Waals surface area contributed by atoms with E-state index in [9.17, 15) is 61.2 Å². The van der Waals surface area contributed by atoms with E-state index in [2.05, 4.69) is 52.1 Å². The fraction of sp³-hybridized carbons (Fsp3) is 0.481. The highest BCUT2D eigenvalue weighted by atomic mass is 32.2. The zero-order valence-electron chi connectivity index (χ0n) is 68.3. The predicted octanol–water partition coefficient (Wildman–Crippen LogP) is 3.79. The lowest BCUT2D eigenvalue weighted by molar-refractivity contribution is -0.158. The molecule has 8 rings (SSSR count). The van der Waals surface area contributed by atoms with Crippen LogP contribution in [0.15, 0.2) is 53.4 Å². The van der Waals surface area contributed by atoms with Crippen molar-refractivity contribution in [2.45, 2.75) is 208 Å². The highest BCUT2D eigenvalue weighted by Crippen LogP contribution is 2.44. The Hall–Kier alpha value is -12.5. The summed E-state index contributed by atoms with van der Waals surface area (Å²) in [6.07, 6.45) is 1.51. The van der Waals surface area contributed by atoms with E-state index in [4.69, 9.17) is 61.4 Å². The molecule has 0 aliphatic carbocycles. The van der Waals surface area contributed by atoms with E-state index in [1.54, 1.807) is 95.7 Å². The van der Waals surface area contributed by atoms with Crippen LogP contribution in [0.4, 0.5) is 11.9 Å². The largest absolute Gasteiger partial charge is 0.494 e. The van der Waals surface area contributed by atoms with Crippen molar-refractivity contribution in [2.24, 2.45) is 23.1 Å². The van der Waals surface area contributed by atoms with Crippen LogP contribution in [0.3, 0.4) is 0 Å². The molecule has 16 N–H and O–H groups in total. The van der Waals surface area contributed by atoms with Crippen LogP contribution in [0.5, 0.6) is 17.2 Å². The second-order valence-electron chi connectivity index (χ2n) is 30.8. The van der Waals surface area contributed by atoms with Crippen LogP contribution in [0.1, 0.15) is 177 Å². The number of ether oxygens (including phenoxy) is 5. The third-order valence-corrected chi connectivity index (χ3v) is 20.0. The molecule has 7 aromatic rings. The standard InChI is InChI=1S/C77H104N20O19S/c1-17-96-53(26-39(3)91-96)70(108)89-73-87-49-28-45(65(79)103)30-55(112-16)61(49)94(73)24-19-20-25-95-62-50(88-74(95)90-71(109)54-27-40(4)92-97(54)18-2)29-46(66(80)104)31-56(62)113-38-44(22-21-23-82-72(81)93-117(110,111)64-42(6)41(5)63-47(43(64)7)35-77(14,15)116-63)36-83-68(106)51(33-59(101)114-75(8,9)10)86-69(107)52(34-60(102)115-76(11,12)13)85-57(98)37-84-67(105)48(78)32-58(99)100/h19-20,26-31,44,48,51-52H,17-18,21-25,32-38,78H2,1-16H3,(H2,79,103)(H2,80,104)(H,83,106)(H,84,105)(H,85,98)(H,86,107)(H,99,100)(H3,81,82,93)(H,87,89,108)(H,88,90,109)/b20-19+/t44?,48-,51-,52-/m0/s1. The van der Waals surface area contributed by atoms with E-state index in [0.717, 1.165) is 5.56 Å². The summed E-state index contributed by atoms with van der Waals surface area (Å²) in [6, 6.07) is 3.53. The van der Waals surface area contributed by atoms with Crippen molar-refractivity contribution >= 4 is 115 Å². The van der Waals surface area contributed by atoms with Gasteiger partial charge in [0.05, 0.1) is 72.9 Å². The molecule has 0 saturated heterocycles. The Morgan fingerprint density at radius 3 is 1.67 bits per heavy atom. The van der Waals surface area contributed by atoms with E-state index >= 15 is 0 Å². The van der Waals surface area contributed by atoms with Gasteiger partial charge in [-0.1, -0.05) is 12.2 Å². The summed E-state index contributed by atoms with van der Waals surface area (Å²) in [5.74, 6) is -11.4. The molecular weight excluding hydrogens is 1540 g/mol. The van der Waals surface area contributed by atoms with E-state index in [0.29, 0.717) is 58.9 Å². The molecule has 0 saturated carbocycles. The van der Waals surface area contributed by atoms with E-state index in [1.807, 2.05) is 20.8 Å². The topological polar surface area (TPSA) is 558 Å².